The summed E-state index contributed by atoms with van der Waals surface area (Å²) >= 11 is 0. The number of nitrogens with one attached hydrogen (secondary N) is 1. The van der Waals surface area contributed by atoms with E-state index in [2.05, 4.69) is 10.4 Å². The van der Waals surface area contributed by atoms with E-state index in [1.807, 2.05) is 0 Å². The zero-order valence-electron chi connectivity index (χ0n) is 16.0. The van der Waals surface area contributed by atoms with Crippen LogP contribution in [0, 0.1) is 5.82 Å². The molecular weight excluding hydrogens is 381 g/mol. The van der Waals surface area contributed by atoms with Crippen LogP contribution in [-0.4, -0.2) is 40.9 Å². The Labute approximate surface area is 166 Å². The van der Waals surface area contributed by atoms with E-state index in [1.165, 1.54) is 24.3 Å². The van der Waals surface area contributed by atoms with Crippen LogP contribution in [0.5, 0.6) is 5.75 Å². The molecule has 0 unspecified atom stereocenters. The first-order chi connectivity index (χ1) is 14.0. The summed E-state index contributed by atoms with van der Waals surface area (Å²) in [5, 5.41) is 6.88. The third-order valence-corrected chi connectivity index (χ3v) is 4.52. The standard InChI is InChI=1S/C20H22FN3O5/c1-2-28-20(27)19-16(29-12-17(25)22-14-5-3-4-6-14)11-18(26)24(23-19)15-9-7-13(21)8-10-15/h7-11,14H,2-6,12H2,1H3,(H,22,25). The summed E-state index contributed by atoms with van der Waals surface area (Å²) in [6.45, 7) is 1.37. The van der Waals surface area contributed by atoms with Gasteiger partial charge in [-0.15, -0.1) is 0 Å². The summed E-state index contributed by atoms with van der Waals surface area (Å²) in [6.07, 6.45) is 4.00. The first kappa shape index (κ1) is 20.5. The number of esters is 1. The Bertz CT molecular complexity index is 936. The molecule has 0 radical (unpaired) electrons. The zero-order valence-corrected chi connectivity index (χ0v) is 16.0. The number of hydrogen-bond acceptors (Lipinski definition) is 6. The molecule has 0 spiro atoms. The van der Waals surface area contributed by atoms with Crippen molar-refractivity contribution in [3.8, 4) is 11.4 Å². The van der Waals surface area contributed by atoms with Gasteiger partial charge in [-0.25, -0.2) is 9.18 Å². The molecular formula is C20H22FN3O5. The van der Waals surface area contributed by atoms with Gasteiger partial charge in [0, 0.05) is 6.04 Å². The number of ether oxygens (including phenoxy) is 2. The lowest BCUT2D eigenvalue weighted by Crippen LogP contribution is -2.36. The minimum Gasteiger partial charge on any atom is -0.481 e. The van der Waals surface area contributed by atoms with E-state index >= 15 is 0 Å². The van der Waals surface area contributed by atoms with Crippen molar-refractivity contribution in [1.82, 2.24) is 15.1 Å². The van der Waals surface area contributed by atoms with Crippen LogP contribution in [0.1, 0.15) is 43.1 Å². The largest absolute Gasteiger partial charge is 0.481 e. The summed E-state index contributed by atoms with van der Waals surface area (Å²) in [5.41, 5.74) is -0.576. The smallest absolute Gasteiger partial charge is 0.362 e. The Hall–Kier alpha value is -3.23. The molecule has 8 nitrogen and oxygen atoms in total. The van der Waals surface area contributed by atoms with Crippen molar-refractivity contribution < 1.29 is 23.5 Å². The monoisotopic (exact) mass is 403 g/mol. The number of nitrogens with zero attached hydrogens (tertiary/aromatic N) is 2. The molecule has 1 aliphatic carbocycles. The Morgan fingerprint density at radius 3 is 2.59 bits per heavy atom. The van der Waals surface area contributed by atoms with Gasteiger partial charge >= 0.3 is 5.97 Å². The molecule has 1 N–H and O–H groups in total. The van der Waals surface area contributed by atoms with Gasteiger partial charge in [-0.2, -0.15) is 9.78 Å². The molecule has 0 bridgehead atoms. The highest BCUT2D eigenvalue weighted by Gasteiger charge is 2.22. The van der Waals surface area contributed by atoms with Crippen LogP contribution in [0.25, 0.3) is 5.69 Å². The molecule has 9 heteroatoms. The molecule has 1 heterocycles. The predicted octanol–water partition coefficient (Wildman–Crippen LogP) is 1.99. The molecule has 1 aliphatic rings. The Kier molecular flexibility index (Phi) is 6.58. The van der Waals surface area contributed by atoms with Crippen LogP contribution in [0.15, 0.2) is 35.1 Å². The van der Waals surface area contributed by atoms with Crippen molar-refractivity contribution in [1.29, 1.82) is 0 Å². The van der Waals surface area contributed by atoms with Crippen molar-refractivity contribution in [2.75, 3.05) is 13.2 Å². The first-order valence-electron chi connectivity index (χ1n) is 9.47. The maximum atomic E-state index is 13.2. The van der Waals surface area contributed by atoms with E-state index in [-0.39, 0.29) is 42.3 Å². The Balaban J connectivity index is 1.83. The number of rotatable bonds is 7. The summed E-state index contributed by atoms with van der Waals surface area (Å²) in [5.74, 6) is -1.75. The lowest BCUT2D eigenvalue weighted by molar-refractivity contribution is -0.123. The van der Waals surface area contributed by atoms with Crippen LogP contribution < -0.4 is 15.6 Å². The Morgan fingerprint density at radius 2 is 1.93 bits per heavy atom. The van der Waals surface area contributed by atoms with Gasteiger partial charge in [0.1, 0.15) is 5.82 Å². The van der Waals surface area contributed by atoms with Gasteiger partial charge in [0.05, 0.1) is 18.4 Å². The molecule has 0 aliphatic heterocycles. The second-order valence-corrected chi connectivity index (χ2v) is 6.64. The van der Waals surface area contributed by atoms with Gasteiger partial charge in [0.25, 0.3) is 11.5 Å². The van der Waals surface area contributed by atoms with Crippen LogP contribution in [-0.2, 0) is 9.53 Å². The lowest BCUT2D eigenvalue weighted by atomic mass is 10.2. The highest BCUT2D eigenvalue weighted by molar-refractivity contribution is 5.90. The zero-order chi connectivity index (χ0) is 20.8. The average molecular weight is 403 g/mol. The normalized spacial score (nSPS) is 13.9. The molecule has 1 aromatic heterocycles. The van der Waals surface area contributed by atoms with Crippen molar-refractivity contribution >= 4 is 11.9 Å². The van der Waals surface area contributed by atoms with Gasteiger partial charge in [0.2, 0.25) is 5.69 Å². The minimum absolute atomic E-state index is 0.0950. The molecule has 154 valence electrons. The minimum atomic E-state index is -0.797. The van der Waals surface area contributed by atoms with Crippen molar-refractivity contribution in [2.45, 2.75) is 38.6 Å². The van der Waals surface area contributed by atoms with E-state index in [0.717, 1.165) is 36.4 Å². The van der Waals surface area contributed by atoms with E-state index in [9.17, 15) is 18.8 Å². The molecule has 1 aromatic carbocycles. The highest BCUT2D eigenvalue weighted by Crippen LogP contribution is 2.18. The van der Waals surface area contributed by atoms with E-state index in [0.29, 0.717) is 0 Å². The molecule has 0 saturated heterocycles. The number of benzene rings is 1. The molecule has 1 amide bonds. The molecule has 3 rings (SSSR count). The van der Waals surface area contributed by atoms with Crippen LogP contribution >= 0.6 is 0 Å². The molecule has 0 atom stereocenters. The van der Waals surface area contributed by atoms with Gasteiger partial charge in [-0.1, -0.05) is 12.8 Å². The second kappa shape index (κ2) is 9.31. The first-order valence-corrected chi connectivity index (χ1v) is 9.47. The van der Waals surface area contributed by atoms with Crippen molar-refractivity contribution in [2.24, 2.45) is 0 Å². The van der Waals surface area contributed by atoms with Gasteiger partial charge in [-0.05, 0) is 44.0 Å². The van der Waals surface area contributed by atoms with E-state index in [1.54, 1.807) is 6.92 Å². The highest BCUT2D eigenvalue weighted by atomic mass is 19.1. The third-order valence-electron chi connectivity index (χ3n) is 4.52. The van der Waals surface area contributed by atoms with Crippen LogP contribution in [0.2, 0.25) is 0 Å². The third kappa shape index (κ3) is 5.18. The van der Waals surface area contributed by atoms with Gasteiger partial charge in [-0.3, -0.25) is 9.59 Å². The number of halogens is 1. The topological polar surface area (TPSA) is 99.5 Å². The van der Waals surface area contributed by atoms with Gasteiger partial charge in [0.15, 0.2) is 12.4 Å². The summed E-state index contributed by atoms with van der Waals surface area (Å²) < 4.78 is 24.5. The fourth-order valence-electron chi connectivity index (χ4n) is 3.14. The molecule has 1 fully saturated rings. The molecule has 2 aromatic rings. The van der Waals surface area contributed by atoms with Crippen molar-refractivity contribution in [3.05, 3.63) is 52.2 Å². The van der Waals surface area contributed by atoms with E-state index < -0.39 is 17.3 Å². The second-order valence-electron chi connectivity index (χ2n) is 6.64. The van der Waals surface area contributed by atoms with Crippen LogP contribution in [0.4, 0.5) is 4.39 Å². The summed E-state index contributed by atoms with van der Waals surface area (Å²) in [4.78, 5) is 36.8. The number of carbonyl (C=O) groups is 2. The maximum Gasteiger partial charge on any atom is 0.362 e. The average Bonchev–Trinajstić information content (AvgIpc) is 3.20. The number of hydrogen-bond donors (Lipinski definition) is 1. The predicted molar refractivity (Wildman–Crippen MR) is 102 cm³/mol. The maximum absolute atomic E-state index is 13.2. The van der Waals surface area contributed by atoms with Gasteiger partial charge < -0.3 is 14.8 Å². The Morgan fingerprint density at radius 1 is 1.24 bits per heavy atom. The quantitative estimate of drug-likeness (QED) is 0.710. The number of carbonyl (C=O) groups excluding carboxylic acids is 2. The van der Waals surface area contributed by atoms with E-state index in [4.69, 9.17) is 9.47 Å². The summed E-state index contributed by atoms with van der Waals surface area (Å²) in [7, 11) is 0. The van der Waals surface area contributed by atoms with Crippen LogP contribution in [0.3, 0.4) is 0 Å². The lowest BCUT2D eigenvalue weighted by Gasteiger charge is -2.14. The fraction of sp³-hybridized carbons (Fsp3) is 0.400. The fourth-order valence-corrected chi connectivity index (χ4v) is 3.14. The molecule has 1 saturated carbocycles. The molecule has 29 heavy (non-hydrogen) atoms. The SMILES string of the molecule is CCOC(=O)c1nn(-c2ccc(F)cc2)c(=O)cc1OCC(=O)NC1CCCC1. The summed E-state index contributed by atoms with van der Waals surface area (Å²) in [6, 6.07) is 6.24. The van der Waals surface area contributed by atoms with Crippen molar-refractivity contribution in [3.63, 3.8) is 0 Å². The number of aromatic nitrogens is 2. The number of amides is 1.